The first-order valence-corrected chi connectivity index (χ1v) is 10.4. The normalized spacial score (nSPS) is 8.05. The second-order valence-corrected chi connectivity index (χ2v) is 6.91. The summed E-state index contributed by atoms with van der Waals surface area (Å²) in [5.74, 6) is 0.925. The molecule has 0 spiro atoms. The quantitative estimate of drug-likeness (QED) is 0.246. The minimum atomic E-state index is 0. The Morgan fingerprint density at radius 1 is 0.737 bits per heavy atom. The molecule has 3 N–H and O–H groups in total. The molecule has 0 heterocycles. The van der Waals surface area contributed by atoms with Crippen LogP contribution in [-0.2, 0) is 84.6 Å². The number of benzene rings is 2. The average molecular weight is 679 g/mol. The van der Waals surface area contributed by atoms with E-state index >= 15 is 0 Å². The first kappa shape index (κ1) is 53.2. The van der Waals surface area contributed by atoms with E-state index in [0.29, 0.717) is 19.3 Å². The summed E-state index contributed by atoms with van der Waals surface area (Å²) < 4.78 is 0. The van der Waals surface area contributed by atoms with Gasteiger partial charge in [-0.1, -0.05) is 51.5 Å². The van der Waals surface area contributed by atoms with Crippen LogP contribution in [0.2, 0.25) is 0 Å². The van der Waals surface area contributed by atoms with Crippen LogP contribution in [0.15, 0.2) is 48.5 Å². The number of phenols is 2. The molecule has 0 saturated heterocycles. The summed E-state index contributed by atoms with van der Waals surface area (Å²) in [6.07, 6.45) is 7.88. The fraction of sp³-hybridized carbons (Fsp3) is 0.379. The maximum absolute atomic E-state index is 9.64. The van der Waals surface area contributed by atoms with E-state index in [9.17, 15) is 24.6 Å². The van der Waals surface area contributed by atoms with Gasteiger partial charge in [-0.2, -0.15) is 19.8 Å². The Hall–Kier alpha value is -1.11. The van der Waals surface area contributed by atoms with Crippen LogP contribution >= 0.6 is 0 Å². The third kappa shape index (κ3) is 31.1. The zero-order valence-corrected chi connectivity index (χ0v) is 28.5. The Morgan fingerprint density at radius 2 is 1.05 bits per heavy atom. The molecule has 206 valence electrons. The molecule has 0 amide bonds. The van der Waals surface area contributed by atoms with Crippen molar-refractivity contribution >= 4 is 25.1 Å². The van der Waals surface area contributed by atoms with E-state index in [4.69, 9.17) is 4.79 Å². The predicted octanol–water partition coefficient (Wildman–Crippen LogP) is 5.22. The monoisotopic (exact) mass is 679 g/mol. The van der Waals surface area contributed by atoms with Crippen LogP contribution in [0.3, 0.4) is 0 Å². The summed E-state index contributed by atoms with van der Waals surface area (Å²) in [7, 11) is 1.80. The van der Waals surface area contributed by atoms with Gasteiger partial charge in [0.25, 0.3) is 0 Å². The molecule has 2 rings (SSSR count). The number of hydrogen-bond donors (Lipinski definition) is 3. The van der Waals surface area contributed by atoms with E-state index in [2.05, 4.69) is 12.2 Å². The Balaban J connectivity index is -0.0000000756. The first-order chi connectivity index (χ1) is 15.8. The maximum Gasteiger partial charge on any atom is 3.00 e. The van der Waals surface area contributed by atoms with Gasteiger partial charge in [0.2, 0.25) is 0 Å². The predicted molar refractivity (Wildman–Crippen MR) is 149 cm³/mol. The second-order valence-electron chi connectivity index (χ2n) is 6.91. The van der Waals surface area contributed by atoms with Gasteiger partial charge in [-0.25, -0.2) is 0 Å². The summed E-state index contributed by atoms with van der Waals surface area (Å²) in [6.45, 7) is 5.97. The fourth-order valence-corrected chi connectivity index (χ4v) is 2.25. The number of carbonyl (C=O) groups excluding carboxylic acids is 4. The van der Waals surface area contributed by atoms with Crippen molar-refractivity contribution in [2.75, 3.05) is 13.6 Å². The van der Waals surface area contributed by atoms with Crippen LogP contribution in [0.1, 0.15) is 64.5 Å². The van der Waals surface area contributed by atoms with Gasteiger partial charge in [0.1, 0.15) is 11.5 Å². The third-order valence-electron chi connectivity index (χ3n) is 4.13. The van der Waals surface area contributed by atoms with Gasteiger partial charge in [0, 0.05) is 5.92 Å². The summed E-state index contributed by atoms with van der Waals surface area (Å²) >= 11 is 0. The van der Waals surface area contributed by atoms with E-state index in [-0.39, 0.29) is 111 Å². The van der Waals surface area contributed by atoms with Crippen molar-refractivity contribution in [1.29, 1.82) is 0 Å². The summed E-state index contributed by atoms with van der Waals surface area (Å²) in [4.78, 5) is 37.3. The molecular weight excluding hydrogens is 636 g/mol. The smallest absolute Gasteiger partial charge is 0.542 e. The van der Waals surface area contributed by atoms with Gasteiger partial charge < -0.3 is 49.6 Å². The molecule has 0 bridgehead atoms. The number of hydrogen-bond acceptors (Lipinski definition) is 7. The van der Waals surface area contributed by atoms with Crippen LogP contribution in [0, 0.1) is 20.8 Å². The van der Waals surface area contributed by atoms with Crippen LogP contribution in [0.5, 0.6) is 11.5 Å². The minimum Gasteiger partial charge on any atom is -0.542 e. The Morgan fingerprint density at radius 3 is 1.26 bits per heavy atom. The van der Waals surface area contributed by atoms with Crippen LogP contribution in [0.25, 0.3) is 0 Å². The molecule has 9 heteroatoms. The first-order valence-electron chi connectivity index (χ1n) is 10.4. The van der Waals surface area contributed by atoms with Crippen molar-refractivity contribution in [3.8, 4) is 11.5 Å². The van der Waals surface area contributed by atoms with Gasteiger partial charge >= 0.3 is 65.4 Å². The molecule has 0 aliphatic rings. The Bertz CT molecular complexity index is 716. The number of rotatable bonds is 9. The molecule has 2 aromatic rings. The number of nitrogens with one attached hydrogen (secondary N) is 1. The molecule has 0 aromatic heterocycles. The van der Waals surface area contributed by atoms with E-state index in [1.807, 2.05) is 31.2 Å². The topological polar surface area (TPSA) is 121 Å². The standard InChI is InChI=1S/C14H14O2.C6H8O2.C4H8NO.C2H3O.CH4.2CH3.2Y/c1-10(11-2-6-13(15)7-3-11)12-4-8-14(16)9-5-12;1-6(2-4-7)3-5-8;1-5-3-2-4-6;1-2-3;;;;;/h2-10,15-16H,1H3;6H,2-3H2,1H3;5H,2-3H2,1H3;1H3;1H4;2*1H3;;/q;-2;2*-1;;2*-1;2*+3. The molecule has 0 unspecified atom stereocenters. The van der Waals surface area contributed by atoms with Crippen molar-refractivity contribution < 1.29 is 94.8 Å². The maximum atomic E-state index is 9.64. The van der Waals surface area contributed by atoms with Crippen LogP contribution in [-0.4, -0.2) is 49.0 Å². The van der Waals surface area contributed by atoms with Gasteiger partial charge in [-0.15, -0.1) is 6.42 Å². The van der Waals surface area contributed by atoms with Gasteiger partial charge in [0.05, 0.1) is 0 Å². The fourth-order valence-electron chi connectivity index (χ4n) is 2.25. The van der Waals surface area contributed by atoms with E-state index < -0.39 is 0 Å². The Kier molecular flexibility index (Phi) is 53.2. The molecule has 2 aromatic carbocycles. The molecule has 0 fully saturated rings. The van der Waals surface area contributed by atoms with E-state index in [0.717, 1.165) is 17.7 Å². The van der Waals surface area contributed by atoms with Crippen LogP contribution in [0.4, 0.5) is 0 Å². The van der Waals surface area contributed by atoms with Crippen molar-refractivity contribution in [1.82, 2.24) is 5.32 Å². The van der Waals surface area contributed by atoms with Gasteiger partial charge in [-0.05, 0) is 49.0 Å². The molecule has 38 heavy (non-hydrogen) atoms. The van der Waals surface area contributed by atoms with E-state index in [1.165, 1.54) is 13.2 Å². The SMILES string of the molecule is C.CC(C[C-]=O)C[C-]=O.CC(c1ccc(O)cc1)c1ccc(O)cc1.CNCC[C-]=O.C[C-]=O.[CH3-].[CH3-].[Y+3].[Y+3]. The molecule has 0 atom stereocenters. The van der Waals surface area contributed by atoms with Crippen molar-refractivity contribution in [2.24, 2.45) is 5.92 Å². The summed E-state index contributed by atoms with van der Waals surface area (Å²) in [6, 6.07) is 14.4. The zero-order chi connectivity index (χ0) is 25.5. The zero-order valence-electron chi connectivity index (χ0n) is 22.8. The minimum absolute atomic E-state index is 0. The average Bonchev–Trinajstić information content (AvgIpc) is 2.80. The molecule has 0 aliphatic heterocycles. The second kappa shape index (κ2) is 38.0. The molecule has 0 radical (unpaired) electrons. The number of aromatic hydroxyl groups is 2. The summed E-state index contributed by atoms with van der Waals surface area (Å²) in [5, 5.41) is 21.2. The molecule has 7 nitrogen and oxygen atoms in total. The molecule has 0 saturated carbocycles. The van der Waals surface area contributed by atoms with Gasteiger partial charge in [0.15, 0.2) is 0 Å². The van der Waals surface area contributed by atoms with Crippen molar-refractivity contribution in [3.63, 3.8) is 0 Å². The van der Waals surface area contributed by atoms with E-state index in [1.54, 1.807) is 50.2 Å². The van der Waals surface area contributed by atoms with Gasteiger partial charge in [-0.3, -0.25) is 25.1 Å². The molecular formula is C29H43NO6Y2. The van der Waals surface area contributed by atoms with Crippen LogP contribution < -0.4 is 5.32 Å². The summed E-state index contributed by atoms with van der Waals surface area (Å²) in [5.41, 5.74) is 2.28. The number of phenolic OH excluding ortho intramolecular Hbond substituents is 2. The molecule has 0 aliphatic carbocycles. The van der Waals surface area contributed by atoms with Crippen molar-refractivity contribution in [3.05, 3.63) is 74.5 Å². The third-order valence-corrected chi connectivity index (χ3v) is 4.13. The Labute approximate surface area is 281 Å². The largest absolute Gasteiger partial charge is 3.00 e. The van der Waals surface area contributed by atoms with Crippen molar-refractivity contribution in [2.45, 2.75) is 53.4 Å².